The first-order chi connectivity index (χ1) is 16.1. The maximum absolute atomic E-state index is 12.8. The van der Waals surface area contributed by atoms with E-state index in [4.69, 9.17) is 0 Å². The quantitative estimate of drug-likeness (QED) is 0.166. The van der Waals surface area contributed by atoms with Crippen molar-refractivity contribution in [1.82, 2.24) is 31.6 Å². The van der Waals surface area contributed by atoms with Crippen LogP contribution in [0.3, 0.4) is 0 Å². The molecule has 2 unspecified atom stereocenters. The molecular weight excluding hydrogens is 500 g/mol. The van der Waals surface area contributed by atoms with Crippen LogP contribution >= 0.6 is 35.3 Å². The van der Waals surface area contributed by atoms with Gasteiger partial charge in [0.1, 0.15) is 17.1 Å². The Morgan fingerprint density at radius 1 is 1.35 bits per heavy atom. The maximum atomic E-state index is 12.8. The van der Waals surface area contributed by atoms with E-state index in [1.807, 2.05) is 27.7 Å². The fraction of sp³-hybridized carbons (Fsp3) is 0.632. The number of β-lactam (4-membered cyclic amide) rings is 1. The lowest BCUT2D eigenvalue weighted by Gasteiger charge is -2.49. The summed E-state index contributed by atoms with van der Waals surface area (Å²) < 4.78 is 0. The molecule has 5 N–H and O–H groups in total. The number of thioether (sulfide) groups is 3. The van der Waals surface area contributed by atoms with Gasteiger partial charge in [-0.05, 0) is 33.3 Å². The number of hydrogen-bond acceptors (Lipinski definition) is 11. The van der Waals surface area contributed by atoms with E-state index < -0.39 is 23.3 Å². The molecule has 0 aromatic heterocycles. The van der Waals surface area contributed by atoms with Crippen LogP contribution in [0.1, 0.15) is 27.7 Å². The third-order valence-corrected chi connectivity index (χ3v) is 8.08. The van der Waals surface area contributed by atoms with Crippen molar-refractivity contribution in [2.24, 2.45) is 10.1 Å². The Morgan fingerprint density at radius 3 is 2.68 bits per heavy atom. The van der Waals surface area contributed by atoms with Crippen molar-refractivity contribution >= 4 is 63.4 Å². The summed E-state index contributed by atoms with van der Waals surface area (Å²) in [6, 6.07) is -0.487. The van der Waals surface area contributed by atoms with Crippen LogP contribution in [-0.4, -0.2) is 90.9 Å². The summed E-state index contributed by atoms with van der Waals surface area (Å²) in [4.78, 5) is 43.1. The number of hydrazone groups is 1. The van der Waals surface area contributed by atoms with Crippen molar-refractivity contribution in [2.75, 3.05) is 24.3 Å². The van der Waals surface area contributed by atoms with Gasteiger partial charge in [-0.15, -0.1) is 22.4 Å². The van der Waals surface area contributed by atoms with Crippen LogP contribution in [0.4, 0.5) is 0 Å². The monoisotopic (exact) mass is 530 g/mol. The molecule has 0 bridgehead atoms. The van der Waals surface area contributed by atoms with Crippen LogP contribution in [0, 0.1) is 0 Å². The first kappa shape index (κ1) is 26.5. The smallest absolute Gasteiger partial charge is 0.352 e. The molecule has 0 spiro atoms. The number of nitrogens with one attached hydrogen (secondary N) is 4. The molecule has 0 radical (unpaired) electrons. The predicted molar refractivity (Wildman–Crippen MR) is 137 cm³/mol. The molecule has 12 nitrogen and oxygen atoms in total. The summed E-state index contributed by atoms with van der Waals surface area (Å²) in [5.41, 5.74) is 6.05. The average Bonchev–Trinajstić information content (AvgIpc) is 3.17. The Balaban J connectivity index is 1.60. The van der Waals surface area contributed by atoms with E-state index in [1.54, 1.807) is 12.1 Å². The second kappa shape index (κ2) is 11.6. The summed E-state index contributed by atoms with van der Waals surface area (Å²) in [6.07, 6.45) is 0. The molecule has 3 aliphatic heterocycles. The first-order valence-electron chi connectivity index (χ1n) is 10.7. The highest BCUT2D eigenvalue weighted by atomic mass is 32.2. The number of amides is 2. The molecule has 34 heavy (non-hydrogen) atoms. The van der Waals surface area contributed by atoms with Crippen LogP contribution in [0.5, 0.6) is 0 Å². The highest BCUT2D eigenvalue weighted by molar-refractivity contribution is 8.14. The van der Waals surface area contributed by atoms with Gasteiger partial charge in [0.2, 0.25) is 5.91 Å². The van der Waals surface area contributed by atoms with E-state index in [1.165, 1.54) is 40.2 Å². The normalized spacial score (nSPS) is 22.5. The number of carboxylic acids is 1. The molecule has 3 aliphatic rings. The Hall–Kier alpha value is -2.10. The van der Waals surface area contributed by atoms with Crippen molar-refractivity contribution in [3.63, 3.8) is 0 Å². The van der Waals surface area contributed by atoms with Crippen molar-refractivity contribution in [3.8, 4) is 0 Å². The molecule has 0 aromatic carbocycles. The first-order valence-corrected chi connectivity index (χ1v) is 13.7. The van der Waals surface area contributed by atoms with Crippen LogP contribution in [0.25, 0.3) is 0 Å². The maximum Gasteiger partial charge on any atom is 0.352 e. The second-order valence-corrected chi connectivity index (χ2v) is 11.3. The molecule has 3 heterocycles. The Bertz CT molecular complexity index is 923. The zero-order valence-electron chi connectivity index (χ0n) is 19.6. The molecule has 1 saturated heterocycles. The fourth-order valence-electron chi connectivity index (χ4n) is 3.29. The van der Waals surface area contributed by atoms with E-state index in [0.717, 1.165) is 0 Å². The number of aliphatic carboxylic acids is 1. The molecular formula is C19H30N8O4S3. The SMILES string of the molecule is CC(C)N=C(NC(C)C)SCC(=O)NC1C(=O)N2C(C(=O)O)=C(CSC3=NNNN3C)CSC12. The zero-order chi connectivity index (χ0) is 25.0. The molecule has 2 atom stereocenters. The van der Waals surface area contributed by atoms with Crippen molar-refractivity contribution in [3.05, 3.63) is 11.3 Å². The van der Waals surface area contributed by atoms with Gasteiger partial charge < -0.3 is 15.7 Å². The van der Waals surface area contributed by atoms with Crippen LogP contribution in [0.15, 0.2) is 21.4 Å². The van der Waals surface area contributed by atoms with Gasteiger partial charge in [0, 0.05) is 30.6 Å². The predicted octanol–water partition coefficient (Wildman–Crippen LogP) is 0.179. The lowest BCUT2D eigenvalue weighted by molar-refractivity contribution is -0.150. The van der Waals surface area contributed by atoms with Crippen molar-refractivity contribution in [1.29, 1.82) is 0 Å². The minimum absolute atomic E-state index is 0.00391. The van der Waals surface area contributed by atoms with Gasteiger partial charge in [-0.2, -0.15) is 0 Å². The second-order valence-electron chi connectivity index (χ2n) is 8.29. The van der Waals surface area contributed by atoms with E-state index in [0.29, 0.717) is 27.4 Å². The topological polar surface area (TPSA) is 151 Å². The Labute approximate surface area is 211 Å². The largest absolute Gasteiger partial charge is 0.477 e. The molecule has 0 aliphatic carbocycles. The van der Waals surface area contributed by atoms with Gasteiger partial charge >= 0.3 is 5.97 Å². The number of carbonyl (C=O) groups excluding carboxylic acids is 2. The minimum Gasteiger partial charge on any atom is -0.477 e. The number of fused-ring (bicyclic) bond motifs is 1. The standard InChI is InChI=1S/C19H30N8O4S3/c1-9(2)20-18(21-10(3)4)33-8-12(28)22-13-15(29)27-14(17(30)31)11(6-32-16(13)27)7-34-19-23-24-25-26(19)5/h9-10,13,16,24-25H,6-8H2,1-5H3,(H,20,21)(H,22,28)(H,30,31). The number of aliphatic imine (C=N–C) groups is 1. The number of carbonyl (C=O) groups is 3. The number of nitrogens with zero attached hydrogens (tertiary/aromatic N) is 4. The molecule has 2 amide bonds. The third kappa shape index (κ3) is 6.31. The number of rotatable bonds is 8. The Kier molecular flexibility index (Phi) is 9.01. The number of carboxylic acid groups (broad SMARTS) is 1. The van der Waals surface area contributed by atoms with Gasteiger partial charge in [-0.25, -0.2) is 10.3 Å². The molecule has 3 rings (SSSR count). The highest BCUT2D eigenvalue weighted by Gasteiger charge is 2.54. The summed E-state index contributed by atoms with van der Waals surface area (Å²) in [5, 5.41) is 22.4. The van der Waals surface area contributed by atoms with E-state index >= 15 is 0 Å². The van der Waals surface area contributed by atoms with Gasteiger partial charge in [0.05, 0.1) is 5.75 Å². The van der Waals surface area contributed by atoms with Gasteiger partial charge in [0.25, 0.3) is 5.91 Å². The van der Waals surface area contributed by atoms with Crippen molar-refractivity contribution in [2.45, 2.75) is 51.2 Å². The summed E-state index contributed by atoms with van der Waals surface area (Å²) in [5.74, 6) is -0.923. The fourth-order valence-corrected chi connectivity index (χ4v) is 6.61. The lowest BCUT2D eigenvalue weighted by atomic mass is 10.0. The zero-order valence-corrected chi connectivity index (χ0v) is 22.1. The van der Waals surface area contributed by atoms with Crippen molar-refractivity contribution < 1.29 is 19.5 Å². The van der Waals surface area contributed by atoms with Crippen LogP contribution in [-0.2, 0) is 14.4 Å². The molecule has 0 saturated carbocycles. The summed E-state index contributed by atoms with van der Waals surface area (Å²) >= 11 is 4.10. The average molecular weight is 531 g/mol. The number of hydrogen-bond donors (Lipinski definition) is 5. The highest BCUT2D eigenvalue weighted by Crippen LogP contribution is 2.41. The van der Waals surface area contributed by atoms with Crippen LogP contribution in [0.2, 0.25) is 0 Å². The van der Waals surface area contributed by atoms with Gasteiger partial charge in [-0.3, -0.25) is 24.5 Å². The molecule has 188 valence electrons. The van der Waals surface area contributed by atoms with Gasteiger partial charge in [-0.1, -0.05) is 23.5 Å². The van der Waals surface area contributed by atoms with Crippen LogP contribution < -0.4 is 21.7 Å². The third-order valence-electron chi connectivity index (χ3n) is 4.73. The number of hydrazine groups is 2. The van der Waals surface area contributed by atoms with Gasteiger partial charge in [0.15, 0.2) is 10.3 Å². The molecule has 1 fully saturated rings. The minimum atomic E-state index is -1.15. The summed E-state index contributed by atoms with van der Waals surface area (Å²) in [7, 11) is 1.78. The van der Waals surface area contributed by atoms with E-state index in [2.05, 4.69) is 31.8 Å². The lowest BCUT2D eigenvalue weighted by Crippen LogP contribution is -2.70. The van der Waals surface area contributed by atoms with E-state index in [9.17, 15) is 19.5 Å². The van der Waals surface area contributed by atoms with E-state index in [-0.39, 0.29) is 29.4 Å². The summed E-state index contributed by atoms with van der Waals surface area (Å²) in [6.45, 7) is 7.90. The molecule has 15 heteroatoms. The number of amidine groups is 2. The Morgan fingerprint density at radius 2 is 2.09 bits per heavy atom. The molecule has 0 aromatic rings.